The van der Waals surface area contributed by atoms with Gasteiger partial charge in [-0.3, -0.25) is 0 Å². The average molecular weight is 378 g/mol. The van der Waals surface area contributed by atoms with Gasteiger partial charge in [-0.05, 0) is 18.9 Å². The molecular formula is C20H18N4O4. The lowest BCUT2D eigenvalue weighted by atomic mass is 9.97. The smallest absolute Gasteiger partial charge is 0.280 e. The highest BCUT2D eigenvalue weighted by Crippen LogP contribution is 2.32. The van der Waals surface area contributed by atoms with Gasteiger partial charge in [0.05, 0.1) is 12.6 Å². The van der Waals surface area contributed by atoms with E-state index in [1.54, 1.807) is 13.2 Å². The van der Waals surface area contributed by atoms with Gasteiger partial charge in [-0.1, -0.05) is 28.5 Å². The summed E-state index contributed by atoms with van der Waals surface area (Å²) in [5, 5.41) is 9.17. The zero-order chi connectivity index (χ0) is 18.9. The molecule has 4 aromatic rings. The highest BCUT2D eigenvalue weighted by atomic mass is 16.5. The molecule has 0 amide bonds. The molecule has 8 nitrogen and oxygen atoms in total. The van der Waals surface area contributed by atoms with Crippen LogP contribution in [0.4, 0.5) is 0 Å². The summed E-state index contributed by atoms with van der Waals surface area (Å²) in [7, 11) is 1.58. The molecule has 0 saturated carbocycles. The molecule has 28 heavy (non-hydrogen) atoms. The highest BCUT2D eigenvalue weighted by Gasteiger charge is 2.23. The molecule has 1 aliphatic rings. The first-order valence-corrected chi connectivity index (χ1v) is 9.14. The second-order valence-corrected chi connectivity index (χ2v) is 6.65. The third kappa shape index (κ3) is 3.01. The molecule has 3 aromatic heterocycles. The standard InChI is InChI=1S/C20H18N4O4/c1-25-18-10-14(13-4-2-3-5-15(13)21-18)19-22-20(28-24-19)16-11-17(27-23-16)12-6-8-26-9-7-12/h2-5,10-12H,6-9H2,1H3. The molecule has 1 aromatic carbocycles. The summed E-state index contributed by atoms with van der Waals surface area (Å²) in [6.45, 7) is 1.48. The Balaban J connectivity index is 1.50. The minimum absolute atomic E-state index is 0.311. The maximum absolute atomic E-state index is 5.52. The van der Waals surface area contributed by atoms with Crippen molar-refractivity contribution in [1.29, 1.82) is 0 Å². The Bertz CT molecular complexity index is 1110. The average Bonchev–Trinajstić information content (AvgIpc) is 3.43. The molecule has 0 aliphatic carbocycles. The van der Waals surface area contributed by atoms with Gasteiger partial charge in [0.25, 0.3) is 5.89 Å². The lowest BCUT2D eigenvalue weighted by molar-refractivity contribution is 0.0791. The Hall–Kier alpha value is -3.26. The van der Waals surface area contributed by atoms with Crippen LogP contribution in [-0.2, 0) is 4.74 Å². The number of ether oxygens (including phenoxy) is 2. The van der Waals surface area contributed by atoms with E-state index in [2.05, 4.69) is 20.3 Å². The van der Waals surface area contributed by atoms with E-state index < -0.39 is 0 Å². The Morgan fingerprint density at radius 1 is 1.00 bits per heavy atom. The van der Waals surface area contributed by atoms with Crippen LogP contribution in [0.5, 0.6) is 5.88 Å². The number of nitrogens with zero attached hydrogens (tertiary/aromatic N) is 4. The first-order chi connectivity index (χ1) is 13.8. The van der Waals surface area contributed by atoms with Crippen LogP contribution in [-0.4, -0.2) is 40.6 Å². The van der Waals surface area contributed by atoms with Crippen molar-refractivity contribution in [2.45, 2.75) is 18.8 Å². The Labute approximate surface area is 160 Å². The molecule has 1 fully saturated rings. The van der Waals surface area contributed by atoms with Crippen LogP contribution < -0.4 is 4.74 Å². The van der Waals surface area contributed by atoms with Crippen LogP contribution in [0.15, 0.2) is 45.4 Å². The molecule has 0 unspecified atom stereocenters. The third-order valence-electron chi connectivity index (χ3n) is 4.94. The molecule has 5 rings (SSSR count). The van der Waals surface area contributed by atoms with Gasteiger partial charge >= 0.3 is 0 Å². The molecule has 4 heterocycles. The summed E-state index contributed by atoms with van der Waals surface area (Å²) in [5.74, 6) is 2.39. The van der Waals surface area contributed by atoms with Gasteiger partial charge in [0, 0.05) is 42.2 Å². The van der Waals surface area contributed by atoms with Crippen molar-refractivity contribution in [2.75, 3.05) is 20.3 Å². The minimum Gasteiger partial charge on any atom is -0.481 e. The minimum atomic E-state index is 0.311. The van der Waals surface area contributed by atoms with Crippen LogP contribution in [0.1, 0.15) is 24.5 Å². The molecule has 0 spiro atoms. The van der Waals surface area contributed by atoms with E-state index >= 15 is 0 Å². The molecule has 0 bridgehead atoms. The van der Waals surface area contributed by atoms with E-state index in [0.717, 1.165) is 48.3 Å². The third-order valence-corrected chi connectivity index (χ3v) is 4.94. The first kappa shape index (κ1) is 16.9. The summed E-state index contributed by atoms with van der Waals surface area (Å²) in [4.78, 5) is 8.98. The van der Waals surface area contributed by atoms with Crippen LogP contribution in [0.3, 0.4) is 0 Å². The maximum atomic E-state index is 5.52. The Kier molecular flexibility index (Phi) is 4.25. The second-order valence-electron chi connectivity index (χ2n) is 6.65. The SMILES string of the molecule is COc1cc(-c2noc(-c3cc(C4CCOCC4)on3)n2)c2ccccc2n1. The van der Waals surface area contributed by atoms with Crippen LogP contribution in [0, 0.1) is 0 Å². The topological polar surface area (TPSA) is 96.3 Å². The quantitative estimate of drug-likeness (QED) is 0.528. The van der Waals surface area contributed by atoms with E-state index in [4.69, 9.17) is 18.5 Å². The fraction of sp³-hybridized carbons (Fsp3) is 0.300. The van der Waals surface area contributed by atoms with Crippen molar-refractivity contribution in [3.8, 4) is 28.9 Å². The summed E-state index contributed by atoms with van der Waals surface area (Å²) in [6.07, 6.45) is 1.85. The number of hydrogen-bond acceptors (Lipinski definition) is 8. The van der Waals surface area contributed by atoms with Gasteiger partial charge in [-0.25, -0.2) is 4.98 Å². The zero-order valence-electron chi connectivity index (χ0n) is 15.3. The predicted molar refractivity (Wildman–Crippen MR) is 99.9 cm³/mol. The van der Waals surface area contributed by atoms with Gasteiger partial charge in [0.15, 0.2) is 5.69 Å². The van der Waals surface area contributed by atoms with E-state index in [0.29, 0.717) is 29.2 Å². The summed E-state index contributed by atoms with van der Waals surface area (Å²) in [5.41, 5.74) is 2.11. The van der Waals surface area contributed by atoms with Crippen LogP contribution in [0.2, 0.25) is 0 Å². The number of rotatable bonds is 4. The van der Waals surface area contributed by atoms with Gasteiger partial charge in [0.2, 0.25) is 11.7 Å². The molecule has 0 radical (unpaired) electrons. The molecule has 8 heteroatoms. The van der Waals surface area contributed by atoms with E-state index in [-0.39, 0.29) is 0 Å². The predicted octanol–water partition coefficient (Wildman–Crippen LogP) is 3.84. The molecule has 0 N–H and O–H groups in total. The van der Waals surface area contributed by atoms with E-state index in [1.165, 1.54) is 0 Å². The number of pyridine rings is 1. The van der Waals surface area contributed by atoms with Crippen LogP contribution in [0.25, 0.3) is 33.9 Å². The number of benzene rings is 1. The van der Waals surface area contributed by atoms with Crippen LogP contribution >= 0.6 is 0 Å². The maximum Gasteiger partial charge on any atom is 0.280 e. The second kappa shape index (κ2) is 7.05. The number of aromatic nitrogens is 4. The number of fused-ring (bicyclic) bond motifs is 1. The summed E-state index contributed by atoms with van der Waals surface area (Å²) < 4.78 is 21.7. The first-order valence-electron chi connectivity index (χ1n) is 9.14. The van der Waals surface area contributed by atoms with Gasteiger partial charge in [-0.2, -0.15) is 4.98 Å². The number of methoxy groups -OCH3 is 1. The zero-order valence-corrected chi connectivity index (χ0v) is 15.3. The molecule has 1 saturated heterocycles. The van der Waals surface area contributed by atoms with Crippen molar-refractivity contribution in [3.63, 3.8) is 0 Å². The van der Waals surface area contributed by atoms with Crippen molar-refractivity contribution in [2.24, 2.45) is 0 Å². The normalized spacial score (nSPS) is 15.2. The van der Waals surface area contributed by atoms with Gasteiger partial charge in [-0.15, -0.1) is 0 Å². The van der Waals surface area contributed by atoms with Gasteiger partial charge in [0.1, 0.15) is 5.76 Å². The molecular weight excluding hydrogens is 360 g/mol. The lowest BCUT2D eigenvalue weighted by Crippen LogP contribution is -2.13. The summed E-state index contributed by atoms with van der Waals surface area (Å²) in [6, 6.07) is 11.4. The number of para-hydroxylation sites is 1. The number of hydrogen-bond donors (Lipinski definition) is 0. The van der Waals surface area contributed by atoms with Gasteiger partial charge < -0.3 is 18.5 Å². The highest BCUT2D eigenvalue weighted by molar-refractivity contribution is 5.93. The molecule has 1 aliphatic heterocycles. The monoisotopic (exact) mass is 378 g/mol. The van der Waals surface area contributed by atoms with E-state index in [9.17, 15) is 0 Å². The fourth-order valence-electron chi connectivity index (χ4n) is 3.44. The lowest BCUT2D eigenvalue weighted by Gasteiger charge is -2.18. The van der Waals surface area contributed by atoms with Crippen molar-refractivity contribution < 1.29 is 18.5 Å². The van der Waals surface area contributed by atoms with Crippen molar-refractivity contribution in [1.82, 2.24) is 20.3 Å². The molecule has 142 valence electrons. The Morgan fingerprint density at radius 3 is 2.71 bits per heavy atom. The van der Waals surface area contributed by atoms with Crippen molar-refractivity contribution in [3.05, 3.63) is 42.2 Å². The van der Waals surface area contributed by atoms with E-state index in [1.807, 2.05) is 30.3 Å². The molecule has 0 atom stereocenters. The largest absolute Gasteiger partial charge is 0.481 e. The Morgan fingerprint density at radius 2 is 1.86 bits per heavy atom. The summed E-state index contributed by atoms with van der Waals surface area (Å²) >= 11 is 0. The fourth-order valence-corrected chi connectivity index (χ4v) is 3.44. The van der Waals surface area contributed by atoms with Crippen molar-refractivity contribution >= 4 is 10.9 Å².